The summed E-state index contributed by atoms with van der Waals surface area (Å²) in [5.74, 6) is -0.214. The number of nitrogens with one attached hydrogen (secondary N) is 3. The smallest absolute Gasteiger partial charge is 0.257 e. The van der Waals surface area contributed by atoms with Crippen molar-refractivity contribution in [2.45, 2.75) is 95.8 Å². The summed E-state index contributed by atoms with van der Waals surface area (Å²) in [5.41, 5.74) is 3.98. The highest BCUT2D eigenvalue weighted by molar-refractivity contribution is 6.30. The van der Waals surface area contributed by atoms with Crippen molar-refractivity contribution in [1.82, 2.24) is 26.0 Å². The van der Waals surface area contributed by atoms with Gasteiger partial charge in [-0.2, -0.15) is 0 Å². The summed E-state index contributed by atoms with van der Waals surface area (Å²) < 4.78 is 0. The predicted octanol–water partition coefficient (Wildman–Crippen LogP) is 3.04. The molecule has 2 heterocycles. The number of amides is 3. The van der Waals surface area contributed by atoms with E-state index in [0.29, 0.717) is 30.6 Å². The van der Waals surface area contributed by atoms with E-state index in [4.69, 9.17) is 11.6 Å². The lowest BCUT2D eigenvalue weighted by atomic mass is 9.92. The van der Waals surface area contributed by atoms with Crippen LogP contribution in [0.25, 0.3) is 0 Å². The molecule has 1 aliphatic carbocycles. The number of halogens is 1. The van der Waals surface area contributed by atoms with Crippen LogP contribution in [0.5, 0.6) is 0 Å². The maximum Gasteiger partial charge on any atom is 0.257 e. The predicted molar refractivity (Wildman–Crippen MR) is 145 cm³/mol. The maximum absolute atomic E-state index is 13.4. The van der Waals surface area contributed by atoms with Crippen LogP contribution in [0.2, 0.25) is 5.02 Å². The number of carbonyl (C=O) groups excluding carboxylic acids is 3. The highest BCUT2D eigenvalue weighted by atomic mass is 35.5. The average molecular weight is 532 g/mol. The van der Waals surface area contributed by atoms with Gasteiger partial charge < -0.3 is 15.5 Å². The van der Waals surface area contributed by atoms with Crippen molar-refractivity contribution in [3.05, 3.63) is 34.9 Å². The number of hydrogen-bond acceptors (Lipinski definition) is 5. The molecule has 0 radical (unpaired) electrons. The SMILES string of the molecule is CC(C)C(=O)N(C1CCCCC1)[C@H]1CCN(NC(=O)C(Cc2ccc(Cl)cc2)NC(=O)[C@H]2CCCN2)C1. The minimum absolute atomic E-state index is 0.0475. The minimum Gasteiger partial charge on any atom is -0.343 e. The molecule has 0 aromatic heterocycles. The quantitative estimate of drug-likeness (QED) is 0.455. The second-order valence-electron chi connectivity index (χ2n) is 11.1. The van der Waals surface area contributed by atoms with Gasteiger partial charge in [-0.15, -0.1) is 0 Å². The molecule has 3 fully saturated rings. The van der Waals surface area contributed by atoms with Gasteiger partial charge in [0.1, 0.15) is 6.04 Å². The van der Waals surface area contributed by atoms with Crippen LogP contribution in [0.3, 0.4) is 0 Å². The van der Waals surface area contributed by atoms with Gasteiger partial charge in [0.05, 0.1) is 6.04 Å². The molecule has 4 rings (SSSR count). The Kier molecular flexibility index (Phi) is 9.84. The van der Waals surface area contributed by atoms with Crippen LogP contribution in [-0.2, 0) is 20.8 Å². The van der Waals surface area contributed by atoms with Crippen molar-refractivity contribution in [3.63, 3.8) is 0 Å². The van der Waals surface area contributed by atoms with E-state index in [2.05, 4.69) is 21.0 Å². The second-order valence-corrected chi connectivity index (χ2v) is 11.5. The maximum atomic E-state index is 13.4. The summed E-state index contributed by atoms with van der Waals surface area (Å²) in [6.45, 7) is 6.03. The standard InChI is InChI=1S/C28H42ClN5O3/c1-19(2)28(37)34(22-7-4-3-5-8-22)23-14-16-33(18-23)32-27(36)25(17-20-10-12-21(29)13-11-20)31-26(35)24-9-6-15-30-24/h10-13,19,22-25,30H,3-9,14-18H2,1-2H3,(H,31,35)(H,32,36)/t23-,24+,25?/m0/s1. The average Bonchev–Trinajstić information content (AvgIpc) is 3.58. The molecule has 1 aromatic carbocycles. The van der Waals surface area contributed by atoms with Crippen LogP contribution in [-0.4, -0.2) is 71.4 Å². The third kappa shape index (κ3) is 7.45. The summed E-state index contributed by atoms with van der Waals surface area (Å²) in [7, 11) is 0. The molecule has 9 heteroatoms. The minimum atomic E-state index is -0.707. The highest BCUT2D eigenvalue weighted by Crippen LogP contribution is 2.28. The van der Waals surface area contributed by atoms with E-state index in [9.17, 15) is 14.4 Å². The van der Waals surface area contributed by atoms with E-state index in [1.54, 1.807) is 12.1 Å². The van der Waals surface area contributed by atoms with Gasteiger partial charge in [-0.3, -0.25) is 19.8 Å². The molecule has 204 valence electrons. The molecule has 1 aromatic rings. The Morgan fingerprint density at radius 2 is 1.76 bits per heavy atom. The highest BCUT2D eigenvalue weighted by Gasteiger charge is 2.37. The zero-order valence-electron chi connectivity index (χ0n) is 22.2. The fourth-order valence-electron chi connectivity index (χ4n) is 5.87. The molecule has 1 unspecified atom stereocenters. The Morgan fingerprint density at radius 3 is 2.41 bits per heavy atom. The van der Waals surface area contributed by atoms with E-state index >= 15 is 0 Å². The van der Waals surface area contributed by atoms with Crippen LogP contribution in [0.1, 0.15) is 70.8 Å². The topological polar surface area (TPSA) is 93.8 Å². The van der Waals surface area contributed by atoms with E-state index in [0.717, 1.165) is 44.2 Å². The number of nitrogens with zero attached hydrogens (tertiary/aromatic N) is 2. The molecule has 3 N–H and O–H groups in total. The lowest BCUT2D eigenvalue weighted by molar-refractivity contribution is -0.140. The molecule has 0 spiro atoms. The van der Waals surface area contributed by atoms with Gasteiger partial charge in [-0.05, 0) is 56.3 Å². The van der Waals surface area contributed by atoms with Gasteiger partial charge in [-0.1, -0.05) is 56.8 Å². The number of carbonyl (C=O) groups is 3. The van der Waals surface area contributed by atoms with Crippen LogP contribution in [0.4, 0.5) is 0 Å². The first-order chi connectivity index (χ1) is 17.8. The van der Waals surface area contributed by atoms with Crippen LogP contribution < -0.4 is 16.1 Å². The van der Waals surface area contributed by atoms with Gasteiger partial charge >= 0.3 is 0 Å². The fraction of sp³-hybridized carbons (Fsp3) is 0.679. The third-order valence-corrected chi connectivity index (χ3v) is 8.16. The normalized spacial score (nSPS) is 23.7. The summed E-state index contributed by atoms with van der Waals surface area (Å²) >= 11 is 6.04. The van der Waals surface area contributed by atoms with Crippen LogP contribution in [0, 0.1) is 5.92 Å². The Hall–Kier alpha value is -2.16. The molecule has 1 saturated carbocycles. The number of benzene rings is 1. The van der Waals surface area contributed by atoms with Gasteiger partial charge in [0.25, 0.3) is 5.91 Å². The molecule has 3 amide bonds. The zero-order valence-corrected chi connectivity index (χ0v) is 22.9. The van der Waals surface area contributed by atoms with E-state index in [1.807, 2.05) is 31.0 Å². The summed E-state index contributed by atoms with van der Waals surface area (Å²) in [6, 6.07) is 6.77. The molecule has 3 atom stereocenters. The Bertz CT molecular complexity index is 928. The fourth-order valence-corrected chi connectivity index (χ4v) is 5.99. The van der Waals surface area contributed by atoms with Crippen LogP contribution in [0.15, 0.2) is 24.3 Å². The van der Waals surface area contributed by atoms with Gasteiger partial charge in [-0.25, -0.2) is 5.01 Å². The molecule has 37 heavy (non-hydrogen) atoms. The third-order valence-electron chi connectivity index (χ3n) is 7.90. The van der Waals surface area contributed by atoms with Gasteiger partial charge in [0.2, 0.25) is 11.8 Å². The van der Waals surface area contributed by atoms with E-state index < -0.39 is 6.04 Å². The van der Waals surface area contributed by atoms with Crippen molar-refractivity contribution < 1.29 is 14.4 Å². The summed E-state index contributed by atoms with van der Waals surface area (Å²) in [5, 5.41) is 8.73. The van der Waals surface area contributed by atoms with Crippen LogP contribution >= 0.6 is 11.6 Å². The summed E-state index contributed by atoms with van der Waals surface area (Å²) in [6.07, 6.45) is 8.63. The first-order valence-electron chi connectivity index (χ1n) is 14.0. The number of rotatable bonds is 9. The monoisotopic (exact) mass is 531 g/mol. The van der Waals surface area contributed by atoms with Gasteiger partial charge in [0.15, 0.2) is 0 Å². The lowest BCUT2D eigenvalue weighted by Gasteiger charge is -2.39. The molecule has 2 saturated heterocycles. The summed E-state index contributed by atoms with van der Waals surface area (Å²) in [4.78, 5) is 41.6. The van der Waals surface area contributed by atoms with E-state index in [-0.39, 0.29) is 35.7 Å². The molecule has 8 nitrogen and oxygen atoms in total. The molecule has 3 aliphatic rings. The Balaban J connectivity index is 1.41. The lowest BCUT2D eigenvalue weighted by Crippen LogP contribution is -2.56. The number of hydrogen-bond donors (Lipinski definition) is 3. The van der Waals surface area contributed by atoms with Crippen molar-refractivity contribution in [1.29, 1.82) is 0 Å². The first kappa shape index (κ1) is 27.9. The largest absolute Gasteiger partial charge is 0.343 e. The first-order valence-corrected chi connectivity index (χ1v) is 14.4. The van der Waals surface area contributed by atoms with Crippen molar-refractivity contribution in [2.24, 2.45) is 5.92 Å². The Morgan fingerprint density at radius 1 is 1.03 bits per heavy atom. The molecule has 0 bridgehead atoms. The van der Waals surface area contributed by atoms with Crippen molar-refractivity contribution in [3.8, 4) is 0 Å². The number of hydrazine groups is 1. The Labute approximate surface area is 225 Å². The molecule has 2 aliphatic heterocycles. The molecular weight excluding hydrogens is 490 g/mol. The van der Waals surface area contributed by atoms with E-state index in [1.165, 1.54) is 19.3 Å². The molecular formula is C28H42ClN5O3. The second kappa shape index (κ2) is 13.1. The van der Waals surface area contributed by atoms with Crippen molar-refractivity contribution in [2.75, 3.05) is 19.6 Å². The zero-order chi connectivity index (χ0) is 26.4. The van der Waals surface area contributed by atoms with Gasteiger partial charge in [0, 0.05) is 42.5 Å². The van der Waals surface area contributed by atoms with Crippen molar-refractivity contribution >= 4 is 29.3 Å².